The number of nitrogens with two attached hydrogens (primary N) is 1. The molecular formula is C11H20N2O3. The number of methoxy groups -OCH3 is 1. The highest BCUT2D eigenvalue weighted by Gasteiger charge is 2.36. The van der Waals surface area contributed by atoms with E-state index in [1.165, 1.54) is 7.11 Å². The monoisotopic (exact) mass is 228 g/mol. The first-order chi connectivity index (χ1) is 7.65. The molecular weight excluding hydrogens is 208 g/mol. The highest BCUT2D eigenvalue weighted by molar-refractivity contribution is 5.86. The second-order valence-corrected chi connectivity index (χ2v) is 4.05. The van der Waals surface area contributed by atoms with Crippen molar-refractivity contribution in [1.82, 2.24) is 4.90 Å². The van der Waals surface area contributed by atoms with Crippen LogP contribution in [0.15, 0.2) is 0 Å². The van der Waals surface area contributed by atoms with Crippen molar-refractivity contribution >= 4 is 11.9 Å². The summed E-state index contributed by atoms with van der Waals surface area (Å²) in [5, 5.41) is 0. The number of carbonyl (C=O) groups excluding carboxylic acids is 2. The normalized spacial score (nSPS) is 21.9. The Kier molecular flexibility index (Phi) is 4.73. The number of esters is 1. The van der Waals surface area contributed by atoms with Crippen molar-refractivity contribution in [3.05, 3.63) is 0 Å². The van der Waals surface area contributed by atoms with E-state index in [0.29, 0.717) is 25.9 Å². The Morgan fingerprint density at radius 2 is 2.25 bits per heavy atom. The van der Waals surface area contributed by atoms with Gasteiger partial charge in [-0.05, 0) is 19.3 Å². The molecule has 1 rings (SSSR count). The fourth-order valence-corrected chi connectivity index (χ4v) is 2.09. The molecule has 0 bridgehead atoms. The lowest BCUT2D eigenvalue weighted by Crippen LogP contribution is -2.45. The minimum atomic E-state index is -0.405. The molecule has 92 valence electrons. The van der Waals surface area contributed by atoms with Gasteiger partial charge >= 0.3 is 5.97 Å². The van der Waals surface area contributed by atoms with E-state index in [-0.39, 0.29) is 17.8 Å². The molecule has 2 N–H and O–H groups in total. The Bertz CT molecular complexity index is 264. The first kappa shape index (κ1) is 13.0. The first-order valence-corrected chi connectivity index (χ1v) is 5.74. The molecule has 0 radical (unpaired) electrons. The fourth-order valence-electron chi connectivity index (χ4n) is 2.09. The van der Waals surface area contributed by atoms with Gasteiger partial charge in [-0.3, -0.25) is 4.79 Å². The summed E-state index contributed by atoms with van der Waals surface area (Å²) in [4.78, 5) is 25.2. The molecule has 1 fully saturated rings. The van der Waals surface area contributed by atoms with Crippen LogP contribution in [0.3, 0.4) is 0 Å². The molecule has 0 aromatic heterocycles. The highest BCUT2D eigenvalue weighted by atomic mass is 16.5. The van der Waals surface area contributed by atoms with E-state index in [0.717, 1.165) is 6.42 Å². The number of hydrogen-bond donors (Lipinski definition) is 1. The van der Waals surface area contributed by atoms with Crippen molar-refractivity contribution in [2.24, 2.45) is 11.7 Å². The van der Waals surface area contributed by atoms with Crippen molar-refractivity contribution in [2.45, 2.75) is 32.2 Å². The molecule has 2 unspecified atom stereocenters. The van der Waals surface area contributed by atoms with Gasteiger partial charge in [-0.2, -0.15) is 0 Å². The standard InChI is InChI=1S/C11H20N2O3/c1-3-8(7-12)10(14)13-6-4-5-9(13)11(15)16-2/h8-9H,3-7,12H2,1-2H3. The van der Waals surface area contributed by atoms with Gasteiger partial charge in [-0.15, -0.1) is 0 Å². The quantitative estimate of drug-likeness (QED) is 0.694. The third-order valence-electron chi connectivity index (χ3n) is 3.14. The molecule has 1 aliphatic heterocycles. The molecule has 0 saturated carbocycles. The Morgan fingerprint density at radius 3 is 2.75 bits per heavy atom. The summed E-state index contributed by atoms with van der Waals surface area (Å²) in [7, 11) is 1.35. The van der Waals surface area contributed by atoms with Crippen LogP contribution in [0.1, 0.15) is 26.2 Å². The van der Waals surface area contributed by atoms with Gasteiger partial charge < -0.3 is 15.4 Å². The lowest BCUT2D eigenvalue weighted by molar-refractivity contribution is -0.152. The maximum atomic E-state index is 12.1. The molecule has 0 aliphatic carbocycles. The largest absolute Gasteiger partial charge is 0.467 e. The lowest BCUT2D eigenvalue weighted by atomic mass is 10.0. The molecule has 0 aromatic carbocycles. The summed E-state index contributed by atoms with van der Waals surface area (Å²) in [6.45, 7) is 2.90. The van der Waals surface area contributed by atoms with Crippen molar-refractivity contribution in [3.8, 4) is 0 Å². The van der Waals surface area contributed by atoms with Crippen molar-refractivity contribution < 1.29 is 14.3 Å². The smallest absolute Gasteiger partial charge is 0.328 e. The summed E-state index contributed by atoms with van der Waals surface area (Å²) in [6.07, 6.45) is 2.26. The molecule has 0 aromatic rings. The van der Waals surface area contributed by atoms with Crippen LogP contribution in [-0.4, -0.2) is 43.0 Å². The molecule has 0 spiro atoms. The molecule has 5 nitrogen and oxygen atoms in total. The number of amides is 1. The Balaban J connectivity index is 2.70. The lowest BCUT2D eigenvalue weighted by Gasteiger charge is -2.26. The number of ether oxygens (including phenoxy) is 1. The number of carbonyl (C=O) groups is 2. The number of nitrogens with zero attached hydrogens (tertiary/aromatic N) is 1. The van der Waals surface area contributed by atoms with E-state index in [4.69, 9.17) is 10.5 Å². The van der Waals surface area contributed by atoms with Crippen LogP contribution in [0, 0.1) is 5.92 Å². The fraction of sp³-hybridized carbons (Fsp3) is 0.818. The van der Waals surface area contributed by atoms with Gasteiger partial charge in [0.1, 0.15) is 6.04 Å². The summed E-state index contributed by atoms with van der Waals surface area (Å²) >= 11 is 0. The van der Waals surface area contributed by atoms with E-state index in [2.05, 4.69) is 0 Å². The first-order valence-electron chi connectivity index (χ1n) is 5.74. The zero-order valence-electron chi connectivity index (χ0n) is 9.94. The summed E-state index contributed by atoms with van der Waals surface area (Å²) in [5.41, 5.74) is 5.54. The van der Waals surface area contributed by atoms with E-state index in [9.17, 15) is 9.59 Å². The van der Waals surface area contributed by atoms with Gasteiger partial charge in [0.05, 0.1) is 13.0 Å². The van der Waals surface area contributed by atoms with Gasteiger partial charge in [0, 0.05) is 13.1 Å². The van der Waals surface area contributed by atoms with E-state index in [1.54, 1.807) is 4.90 Å². The summed E-state index contributed by atoms with van der Waals surface area (Å²) < 4.78 is 4.70. The number of rotatable bonds is 4. The minimum absolute atomic E-state index is 0.0158. The third kappa shape index (κ3) is 2.52. The molecule has 1 heterocycles. The van der Waals surface area contributed by atoms with Crippen LogP contribution >= 0.6 is 0 Å². The van der Waals surface area contributed by atoms with Gasteiger partial charge in [-0.1, -0.05) is 6.92 Å². The van der Waals surface area contributed by atoms with Gasteiger partial charge in [0.2, 0.25) is 5.91 Å². The zero-order valence-corrected chi connectivity index (χ0v) is 9.94. The predicted molar refractivity (Wildman–Crippen MR) is 59.6 cm³/mol. The maximum Gasteiger partial charge on any atom is 0.328 e. The molecule has 2 atom stereocenters. The van der Waals surface area contributed by atoms with Crippen molar-refractivity contribution in [2.75, 3.05) is 20.2 Å². The van der Waals surface area contributed by atoms with Crippen LogP contribution in [0.25, 0.3) is 0 Å². The second-order valence-electron chi connectivity index (χ2n) is 4.05. The van der Waals surface area contributed by atoms with Gasteiger partial charge in [-0.25, -0.2) is 4.79 Å². The average molecular weight is 228 g/mol. The Morgan fingerprint density at radius 1 is 1.56 bits per heavy atom. The molecule has 1 saturated heterocycles. The van der Waals surface area contributed by atoms with Crippen molar-refractivity contribution in [1.29, 1.82) is 0 Å². The molecule has 1 aliphatic rings. The number of likely N-dealkylation sites (tertiary alicyclic amines) is 1. The Hall–Kier alpha value is -1.10. The van der Waals surface area contributed by atoms with Crippen LogP contribution < -0.4 is 5.73 Å². The molecule has 5 heteroatoms. The number of hydrogen-bond acceptors (Lipinski definition) is 4. The highest BCUT2D eigenvalue weighted by Crippen LogP contribution is 2.21. The van der Waals surface area contributed by atoms with Crippen LogP contribution in [0.5, 0.6) is 0 Å². The van der Waals surface area contributed by atoms with E-state index < -0.39 is 6.04 Å². The van der Waals surface area contributed by atoms with E-state index in [1.807, 2.05) is 6.92 Å². The zero-order chi connectivity index (χ0) is 12.1. The topological polar surface area (TPSA) is 72.6 Å². The van der Waals surface area contributed by atoms with E-state index >= 15 is 0 Å². The SMILES string of the molecule is CCC(CN)C(=O)N1CCCC1C(=O)OC. The molecule has 16 heavy (non-hydrogen) atoms. The minimum Gasteiger partial charge on any atom is -0.467 e. The van der Waals surface area contributed by atoms with Gasteiger partial charge in [0.25, 0.3) is 0 Å². The van der Waals surface area contributed by atoms with Crippen LogP contribution in [-0.2, 0) is 14.3 Å². The predicted octanol–water partition coefficient (Wildman–Crippen LogP) is 0.135. The Labute approximate surface area is 95.9 Å². The summed E-state index contributed by atoms with van der Waals surface area (Å²) in [6, 6.07) is -0.405. The third-order valence-corrected chi connectivity index (χ3v) is 3.14. The summed E-state index contributed by atoms with van der Waals surface area (Å²) in [5.74, 6) is -0.513. The second kappa shape index (κ2) is 5.84. The van der Waals surface area contributed by atoms with Gasteiger partial charge in [0.15, 0.2) is 0 Å². The van der Waals surface area contributed by atoms with Crippen LogP contribution in [0.4, 0.5) is 0 Å². The average Bonchev–Trinajstić information content (AvgIpc) is 2.78. The molecule has 1 amide bonds. The maximum absolute atomic E-state index is 12.1. The van der Waals surface area contributed by atoms with Crippen LogP contribution in [0.2, 0.25) is 0 Å². The van der Waals surface area contributed by atoms with Crippen molar-refractivity contribution in [3.63, 3.8) is 0 Å².